The lowest BCUT2D eigenvalue weighted by molar-refractivity contribution is -0.146. The fourth-order valence-electron chi connectivity index (χ4n) is 1.97. The van der Waals surface area contributed by atoms with Gasteiger partial charge in [0.1, 0.15) is 24.2 Å². The molecule has 0 fully saturated rings. The largest absolute Gasteiger partial charge is 0.507 e. The van der Waals surface area contributed by atoms with Crippen LogP contribution in [0, 0.1) is 11.3 Å². The Labute approximate surface area is 158 Å². The third kappa shape index (κ3) is 4.76. The van der Waals surface area contributed by atoms with Gasteiger partial charge in [0.2, 0.25) is 0 Å². The molecule has 8 heteroatoms. The van der Waals surface area contributed by atoms with E-state index in [1.807, 2.05) is 6.07 Å². The normalized spacial score (nSPS) is 10.9. The van der Waals surface area contributed by atoms with Crippen molar-refractivity contribution in [3.8, 4) is 11.8 Å². The van der Waals surface area contributed by atoms with Crippen molar-refractivity contribution >= 4 is 40.7 Å². The fraction of sp³-hybridized carbons (Fsp3) is 0.0556. The Morgan fingerprint density at radius 1 is 1.15 bits per heavy atom. The van der Waals surface area contributed by atoms with Crippen LogP contribution in [0.25, 0.3) is 5.76 Å². The summed E-state index contributed by atoms with van der Waals surface area (Å²) in [7, 11) is 0. The number of aliphatic hydroxyl groups is 1. The van der Waals surface area contributed by atoms with Crippen LogP contribution in [0.4, 0.5) is 0 Å². The lowest BCUT2D eigenvalue weighted by Gasteiger charge is -2.10. The maximum Gasteiger partial charge on any atom is 0.376 e. The molecular formula is C18H11Cl2NO5. The van der Waals surface area contributed by atoms with Gasteiger partial charge in [-0.05, 0) is 24.3 Å². The summed E-state index contributed by atoms with van der Waals surface area (Å²) in [6.07, 6.45) is 0.608. The Hall–Kier alpha value is -3.01. The summed E-state index contributed by atoms with van der Waals surface area (Å²) in [5.74, 6) is -3.07. The maximum atomic E-state index is 11.1. The summed E-state index contributed by atoms with van der Waals surface area (Å²) in [6, 6.07) is 11.0. The molecule has 0 saturated carbocycles. The van der Waals surface area contributed by atoms with Crippen molar-refractivity contribution in [1.29, 1.82) is 5.26 Å². The van der Waals surface area contributed by atoms with Crippen LogP contribution in [0.2, 0.25) is 10.0 Å². The number of hydrogen-bond acceptors (Lipinski definition) is 5. The zero-order valence-electron chi connectivity index (χ0n) is 13.1. The fourth-order valence-corrected chi connectivity index (χ4v) is 2.45. The topological polar surface area (TPSA) is 108 Å². The van der Waals surface area contributed by atoms with Crippen molar-refractivity contribution in [1.82, 2.24) is 0 Å². The molecule has 0 amide bonds. The van der Waals surface area contributed by atoms with Crippen LogP contribution >= 0.6 is 23.2 Å². The number of benzene rings is 2. The van der Waals surface area contributed by atoms with E-state index >= 15 is 0 Å². The monoisotopic (exact) mass is 391 g/mol. The smallest absolute Gasteiger partial charge is 0.376 e. The molecule has 0 aliphatic carbocycles. The Morgan fingerprint density at radius 3 is 2.54 bits per heavy atom. The average molecular weight is 392 g/mol. The van der Waals surface area contributed by atoms with Gasteiger partial charge in [-0.25, -0.2) is 4.79 Å². The minimum atomic E-state index is -1.67. The van der Waals surface area contributed by atoms with E-state index in [4.69, 9.17) is 38.3 Å². The standard InChI is InChI=1S/C18H11Cl2NO5/c19-14-6-15(20)12(4-11(14)8-21)9-26-13-3-1-2-10(5-13)16(22)7-17(23)18(24)25/h1-7,22H,9H2,(H,24,25)/b16-7-. The first-order valence-electron chi connectivity index (χ1n) is 7.11. The molecule has 0 bridgehead atoms. The van der Waals surface area contributed by atoms with E-state index in [2.05, 4.69) is 0 Å². The van der Waals surface area contributed by atoms with E-state index in [0.717, 1.165) is 0 Å². The molecule has 0 aromatic heterocycles. The molecule has 2 N–H and O–H groups in total. The summed E-state index contributed by atoms with van der Waals surface area (Å²) in [5.41, 5.74) is 1.01. The van der Waals surface area contributed by atoms with Gasteiger partial charge < -0.3 is 14.9 Å². The van der Waals surface area contributed by atoms with Gasteiger partial charge in [0, 0.05) is 22.2 Å². The number of halogens is 2. The molecule has 0 heterocycles. The Balaban J connectivity index is 2.19. The molecule has 2 rings (SSSR count). The summed E-state index contributed by atoms with van der Waals surface area (Å²) < 4.78 is 5.58. The molecule has 0 spiro atoms. The zero-order chi connectivity index (χ0) is 19.3. The van der Waals surface area contributed by atoms with Crippen LogP contribution in [0.1, 0.15) is 16.7 Å². The van der Waals surface area contributed by atoms with Crippen LogP contribution < -0.4 is 4.74 Å². The molecule has 2 aromatic rings. The highest BCUT2D eigenvalue weighted by atomic mass is 35.5. The first kappa shape index (κ1) is 19.3. The average Bonchev–Trinajstić information content (AvgIpc) is 2.61. The Kier molecular flexibility index (Phi) is 6.23. The minimum absolute atomic E-state index is 0.0344. The highest BCUT2D eigenvalue weighted by molar-refractivity contribution is 6.38. The van der Waals surface area contributed by atoms with Crippen molar-refractivity contribution in [3.63, 3.8) is 0 Å². The highest BCUT2D eigenvalue weighted by Gasteiger charge is 2.12. The van der Waals surface area contributed by atoms with E-state index in [-0.39, 0.29) is 22.8 Å². The van der Waals surface area contributed by atoms with Gasteiger partial charge in [0.05, 0.1) is 10.6 Å². The number of hydrogen-bond donors (Lipinski definition) is 2. The van der Waals surface area contributed by atoms with E-state index in [9.17, 15) is 14.7 Å². The van der Waals surface area contributed by atoms with Crippen LogP contribution in [0.15, 0.2) is 42.5 Å². The molecule has 0 aliphatic heterocycles. The first-order chi connectivity index (χ1) is 12.3. The van der Waals surface area contributed by atoms with Crippen LogP contribution in [-0.4, -0.2) is 22.0 Å². The second-order valence-electron chi connectivity index (χ2n) is 5.05. The molecule has 2 aromatic carbocycles. The highest BCUT2D eigenvalue weighted by Crippen LogP contribution is 2.27. The van der Waals surface area contributed by atoms with Crippen LogP contribution in [-0.2, 0) is 16.2 Å². The molecule has 0 aliphatic rings. The number of carboxylic acids is 1. The van der Waals surface area contributed by atoms with E-state index in [0.29, 0.717) is 22.4 Å². The number of nitriles is 1. The third-order valence-electron chi connectivity index (χ3n) is 3.26. The number of aliphatic carboxylic acids is 1. The number of ether oxygens (including phenoxy) is 1. The van der Waals surface area contributed by atoms with Crippen LogP contribution in [0.3, 0.4) is 0 Å². The minimum Gasteiger partial charge on any atom is -0.507 e. The van der Waals surface area contributed by atoms with E-state index in [1.54, 1.807) is 12.1 Å². The third-order valence-corrected chi connectivity index (χ3v) is 3.92. The predicted octanol–water partition coefficient (Wildman–Crippen LogP) is 4.00. The Bertz CT molecular complexity index is 947. The van der Waals surface area contributed by atoms with Crippen molar-refractivity contribution in [2.24, 2.45) is 0 Å². The molecular weight excluding hydrogens is 381 g/mol. The summed E-state index contributed by atoms with van der Waals surface area (Å²) >= 11 is 12.0. The number of aliphatic hydroxyl groups excluding tert-OH is 1. The Morgan fingerprint density at radius 2 is 1.88 bits per heavy atom. The van der Waals surface area contributed by atoms with E-state index < -0.39 is 17.5 Å². The second kappa shape index (κ2) is 8.39. The summed E-state index contributed by atoms with van der Waals surface area (Å²) in [4.78, 5) is 21.7. The van der Waals surface area contributed by atoms with Gasteiger partial charge in [-0.3, -0.25) is 4.79 Å². The lowest BCUT2D eigenvalue weighted by Crippen LogP contribution is -2.09. The molecule has 132 valence electrons. The van der Waals surface area contributed by atoms with Crippen molar-refractivity contribution in [3.05, 3.63) is 69.2 Å². The summed E-state index contributed by atoms with van der Waals surface area (Å²) in [6.45, 7) is 0.0344. The molecule has 0 unspecified atom stereocenters. The number of rotatable bonds is 6. The van der Waals surface area contributed by atoms with Gasteiger partial charge >= 0.3 is 5.97 Å². The maximum absolute atomic E-state index is 11.1. The number of ketones is 1. The molecule has 0 saturated heterocycles. The van der Waals surface area contributed by atoms with Gasteiger partial charge in [-0.15, -0.1) is 0 Å². The summed E-state index contributed by atoms with van der Waals surface area (Å²) in [5, 5.41) is 28.0. The van der Waals surface area contributed by atoms with Crippen molar-refractivity contribution in [2.75, 3.05) is 0 Å². The first-order valence-corrected chi connectivity index (χ1v) is 7.86. The second-order valence-corrected chi connectivity index (χ2v) is 5.87. The molecule has 0 atom stereocenters. The van der Waals surface area contributed by atoms with E-state index in [1.165, 1.54) is 24.3 Å². The van der Waals surface area contributed by atoms with Gasteiger partial charge in [-0.2, -0.15) is 5.26 Å². The van der Waals surface area contributed by atoms with Crippen molar-refractivity contribution in [2.45, 2.75) is 6.61 Å². The number of nitrogens with zero attached hydrogens (tertiary/aromatic N) is 1. The number of carbonyl (C=O) groups is 2. The van der Waals surface area contributed by atoms with Gasteiger partial charge in [0.25, 0.3) is 5.78 Å². The number of carbonyl (C=O) groups excluding carboxylic acids is 1. The number of carboxylic acid groups (broad SMARTS) is 1. The lowest BCUT2D eigenvalue weighted by atomic mass is 10.1. The van der Waals surface area contributed by atoms with Crippen molar-refractivity contribution < 1.29 is 24.5 Å². The quantitative estimate of drug-likeness (QED) is 0.437. The van der Waals surface area contributed by atoms with Crippen LogP contribution in [0.5, 0.6) is 5.75 Å². The zero-order valence-corrected chi connectivity index (χ0v) is 14.6. The predicted molar refractivity (Wildman–Crippen MR) is 95.2 cm³/mol. The SMILES string of the molecule is N#Cc1cc(COc2cccc(/C(O)=C/C(=O)C(=O)O)c2)c(Cl)cc1Cl. The van der Waals surface area contributed by atoms with Gasteiger partial charge in [-0.1, -0.05) is 35.3 Å². The molecule has 6 nitrogen and oxygen atoms in total. The molecule has 26 heavy (non-hydrogen) atoms. The van der Waals surface area contributed by atoms with Gasteiger partial charge in [0.15, 0.2) is 0 Å². The molecule has 0 radical (unpaired) electrons.